The predicted octanol–water partition coefficient (Wildman–Crippen LogP) is 2.83. The minimum Gasteiger partial charge on any atom is -0.504 e. The van der Waals surface area contributed by atoms with Crippen molar-refractivity contribution in [2.75, 3.05) is 39.8 Å². The fourth-order valence-electron chi connectivity index (χ4n) is 2.79. The molecule has 0 saturated carbocycles. The summed E-state index contributed by atoms with van der Waals surface area (Å²) >= 11 is 6.08. The van der Waals surface area contributed by atoms with E-state index < -0.39 is 0 Å². The van der Waals surface area contributed by atoms with E-state index in [-0.39, 0.29) is 5.75 Å². The maximum atomic E-state index is 10.2. The molecular weight excluding hydrogens is 288 g/mol. The molecule has 0 radical (unpaired) electrons. The molecule has 1 aliphatic heterocycles. The molecular formula is C16H25ClN2O2. The second-order valence-corrected chi connectivity index (χ2v) is 6.52. The second-order valence-electron chi connectivity index (χ2n) is 6.09. The summed E-state index contributed by atoms with van der Waals surface area (Å²) in [5.74, 6) is 1.35. The number of piperazine rings is 1. The molecule has 118 valence electrons. The zero-order valence-corrected chi connectivity index (χ0v) is 13.9. The summed E-state index contributed by atoms with van der Waals surface area (Å²) in [6.45, 7) is 10.6. The molecule has 1 aromatic rings. The quantitative estimate of drug-likeness (QED) is 0.907. The van der Waals surface area contributed by atoms with Crippen LogP contribution in [0.3, 0.4) is 0 Å². The number of ether oxygens (including phenoxy) is 1. The van der Waals surface area contributed by atoms with E-state index in [4.69, 9.17) is 16.3 Å². The molecule has 1 fully saturated rings. The monoisotopic (exact) mass is 312 g/mol. The van der Waals surface area contributed by atoms with Crippen LogP contribution in [-0.2, 0) is 6.54 Å². The van der Waals surface area contributed by atoms with Gasteiger partial charge in [-0.05, 0) is 12.0 Å². The summed E-state index contributed by atoms with van der Waals surface area (Å²) in [4.78, 5) is 4.85. The molecule has 1 N–H and O–H groups in total. The van der Waals surface area contributed by atoms with Crippen molar-refractivity contribution in [3.63, 3.8) is 0 Å². The van der Waals surface area contributed by atoms with E-state index in [1.54, 1.807) is 13.2 Å². The normalized spacial score (nSPS) is 17.4. The van der Waals surface area contributed by atoms with Crippen LogP contribution in [-0.4, -0.2) is 54.7 Å². The van der Waals surface area contributed by atoms with Crippen LogP contribution in [0, 0.1) is 5.92 Å². The number of phenolic OH excluding ortho intramolecular Hbond substituents is 1. The van der Waals surface area contributed by atoms with Gasteiger partial charge in [0.1, 0.15) is 0 Å². The molecule has 5 heteroatoms. The molecule has 0 aromatic heterocycles. The van der Waals surface area contributed by atoms with Crippen molar-refractivity contribution < 1.29 is 9.84 Å². The molecule has 0 atom stereocenters. The van der Waals surface area contributed by atoms with Gasteiger partial charge in [0.2, 0.25) is 0 Å². The first-order chi connectivity index (χ1) is 9.99. The molecule has 1 aliphatic rings. The van der Waals surface area contributed by atoms with Crippen LogP contribution in [0.4, 0.5) is 0 Å². The zero-order chi connectivity index (χ0) is 15.4. The van der Waals surface area contributed by atoms with Crippen LogP contribution in [0.1, 0.15) is 19.4 Å². The van der Waals surface area contributed by atoms with Crippen molar-refractivity contribution in [1.82, 2.24) is 9.80 Å². The van der Waals surface area contributed by atoms with Crippen LogP contribution in [0.5, 0.6) is 11.5 Å². The molecule has 0 bridgehead atoms. The smallest absolute Gasteiger partial charge is 0.162 e. The van der Waals surface area contributed by atoms with Crippen molar-refractivity contribution in [2.45, 2.75) is 20.4 Å². The molecule has 1 aromatic carbocycles. The van der Waals surface area contributed by atoms with Crippen molar-refractivity contribution >= 4 is 11.6 Å². The van der Waals surface area contributed by atoms with Gasteiger partial charge in [-0.3, -0.25) is 4.90 Å². The van der Waals surface area contributed by atoms with Gasteiger partial charge in [0.15, 0.2) is 11.5 Å². The molecule has 0 amide bonds. The first-order valence-corrected chi connectivity index (χ1v) is 7.87. The number of nitrogens with zero attached hydrogens (tertiary/aromatic N) is 2. The van der Waals surface area contributed by atoms with Gasteiger partial charge in [-0.25, -0.2) is 0 Å². The van der Waals surface area contributed by atoms with Crippen LogP contribution >= 0.6 is 11.6 Å². The van der Waals surface area contributed by atoms with Crippen LogP contribution in [0.25, 0.3) is 0 Å². The SMILES string of the molecule is COc1cc(Cl)cc(CN2CCN(CC(C)C)CC2)c1O. The molecule has 2 rings (SSSR count). The summed E-state index contributed by atoms with van der Waals surface area (Å²) in [6, 6.07) is 3.46. The van der Waals surface area contributed by atoms with Crippen molar-refractivity contribution in [1.29, 1.82) is 0 Å². The molecule has 21 heavy (non-hydrogen) atoms. The Labute approximate surface area is 132 Å². The van der Waals surface area contributed by atoms with E-state index in [1.165, 1.54) is 0 Å². The highest BCUT2D eigenvalue weighted by molar-refractivity contribution is 6.30. The maximum Gasteiger partial charge on any atom is 0.162 e. The van der Waals surface area contributed by atoms with Crippen molar-refractivity contribution in [3.05, 3.63) is 22.7 Å². The lowest BCUT2D eigenvalue weighted by molar-refractivity contribution is 0.116. The number of halogens is 1. The Hall–Kier alpha value is -0.970. The second kappa shape index (κ2) is 7.34. The number of hydrogen-bond donors (Lipinski definition) is 1. The highest BCUT2D eigenvalue weighted by atomic mass is 35.5. The zero-order valence-electron chi connectivity index (χ0n) is 13.1. The van der Waals surface area contributed by atoms with E-state index in [2.05, 4.69) is 23.6 Å². The van der Waals surface area contributed by atoms with Crippen molar-refractivity contribution in [2.24, 2.45) is 5.92 Å². The standard InChI is InChI=1S/C16H25ClN2O2/c1-12(2)10-18-4-6-19(7-5-18)11-13-8-14(17)9-15(21-3)16(13)20/h8-9,12,20H,4-7,10-11H2,1-3H3. The van der Waals surface area contributed by atoms with Crippen LogP contribution < -0.4 is 4.74 Å². The molecule has 1 heterocycles. The number of methoxy groups -OCH3 is 1. The Morgan fingerprint density at radius 1 is 1.19 bits per heavy atom. The van der Waals surface area contributed by atoms with Crippen LogP contribution in [0.2, 0.25) is 5.02 Å². The lowest BCUT2D eigenvalue weighted by Crippen LogP contribution is -2.46. The Morgan fingerprint density at radius 2 is 1.81 bits per heavy atom. The van der Waals surface area contributed by atoms with E-state index in [1.807, 2.05) is 6.07 Å². The van der Waals surface area contributed by atoms with Crippen LogP contribution in [0.15, 0.2) is 12.1 Å². The summed E-state index contributed by atoms with van der Waals surface area (Å²) in [7, 11) is 1.54. The minimum absolute atomic E-state index is 0.200. The molecule has 4 nitrogen and oxygen atoms in total. The Morgan fingerprint density at radius 3 is 2.38 bits per heavy atom. The van der Waals surface area contributed by atoms with Gasteiger partial charge in [0, 0.05) is 55.9 Å². The third-order valence-corrected chi connectivity index (χ3v) is 4.04. The lowest BCUT2D eigenvalue weighted by atomic mass is 10.1. The molecule has 1 saturated heterocycles. The summed E-state index contributed by atoms with van der Waals surface area (Å²) < 4.78 is 5.16. The van der Waals surface area contributed by atoms with Crippen molar-refractivity contribution in [3.8, 4) is 11.5 Å². The Bertz CT molecular complexity index is 472. The first kappa shape index (κ1) is 16.4. The lowest BCUT2D eigenvalue weighted by Gasteiger charge is -2.35. The minimum atomic E-state index is 0.200. The van der Waals surface area contributed by atoms with Gasteiger partial charge in [-0.1, -0.05) is 25.4 Å². The fraction of sp³-hybridized carbons (Fsp3) is 0.625. The van der Waals surface area contributed by atoms with Gasteiger partial charge in [-0.15, -0.1) is 0 Å². The summed E-state index contributed by atoms with van der Waals surface area (Å²) in [5, 5.41) is 10.8. The Balaban J connectivity index is 1.96. The number of rotatable bonds is 5. The van der Waals surface area contributed by atoms with E-state index in [0.29, 0.717) is 23.2 Å². The number of benzene rings is 1. The number of phenols is 1. The number of hydrogen-bond acceptors (Lipinski definition) is 4. The molecule has 0 spiro atoms. The third kappa shape index (κ3) is 4.50. The van der Waals surface area contributed by atoms with Gasteiger partial charge in [0.05, 0.1) is 7.11 Å². The summed E-state index contributed by atoms with van der Waals surface area (Å²) in [5.41, 5.74) is 0.830. The largest absolute Gasteiger partial charge is 0.504 e. The van der Waals surface area contributed by atoms with Gasteiger partial charge >= 0.3 is 0 Å². The topological polar surface area (TPSA) is 35.9 Å². The third-order valence-electron chi connectivity index (χ3n) is 3.82. The van der Waals surface area contributed by atoms with Gasteiger partial charge < -0.3 is 14.7 Å². The predicted molar refractivity (Wildman–Crippen MR) is 86.2 cm³/mol. The fourth-order valence-corrected chi connectivity index (χ4v) is 3.02. The average molecular weight is 313 g/mol. The summed E-state index contributed by atoms with van der Waals surface area (Å²) in [6.07, 6.45) is 0. The highest BCUT2D eigenvalue weighted by Crippen LogP contribution is 2.34. The first-order valence-electron chi connectivity index (χ1n) is 7.49. The van der Waals surface area contributed by atoms with Gasteiger partial charge in [-0.2, -0.15) is 0 Å². The highest BCUT2D eigenvalue weighted by Gasteiger charge is 2.19. The maximum absolute atomic E-state index is 10.2. The van der Waals surface area contributed by atoms with E-state index in [0.717, 1.165) is 38.3 Å². The number of aromatic hydroxyl groups is 1. The van der Waals surface area contributed by atoms with E-state index in [9.17, 15) is 5.11 Å². The Kier molecular flexibility index (Phi) is 5.73. The average Bonchev–Trinajstić information content (AvgIpc) is 2.44. The van der Waals surface area contributed by atoms with Gasteiger partial charge in [0.25, 0.3) is 0 Å². The molecule has 0 unspecified atom stereocenters. The molecule has 0 aliphatic carbocycles. The van der Waals surface area contributed by atoms with E-state index >= 15 is 0 Å².